The average molecular weight is 327 g/mol. The highest BCUT2D eigenvalue weighted by Gasteiger charge is 2.11. The number of hydrogen-bond donors (Lipinski definition) is 1. The summed E-state index contributed by atoms with van der Waals surface area (Å²) in [6.45, 7) is 3.63. The maximum atomic E-state index is 9.19. The van der Waals surface area contributed by atoms with Gasteiger partial charge in [-0.2, -0.15) is 0 Å². The fourth-order valence-corrected chi connectivity index (χ4v) is 2.86. The lowest BCUT2D eigenvalue weighted by Gasteiger charge is -2.26. The van der Waals surface area contributed by atoms with Crippen molar-refractivity contribution in [1.29, 1.82) is 0 Å². The Kier molecular flexibility index (Phi) is 16.3. The molecule has 0 heterocycles. The first-order valence-corrected chi connectivity index (χ1v) is 10.2. The molecule has 0 spiro atoms. The third-order valence-corrected chi connectivity index (χ3v) is 4.66. The van der Waals surface area contributed by atoms with Gasteiger partial charge in [0.05, 0.1) is 20.6 Å². The molecule has 0 radical (unpaired) electrons. The highest BCUT2D eigenvalue weighted by Crippen LogP contribution is 2.10. The number of unbranched alkanes of at least 4 members (excludes halogenated alkanes) is 12. The number of allylic oxidation sites excluding steroid dienone is 2. The van der Waals surface area contributed by atoms with Crippen molar-refractivity contribution < 1.29 is 9.59 Å². The minimum absolute atomic E-state index is 0.255. The molecule has 0 rings (SSSR count). The Balaban J connectivity index is 3.16. The van der Waals surface area contributed by atoms with Gasteiger partial charge < -0.3 is 9.59 Å². The van der Waals surface area contributed by atoms with Crippen LogP contribution in [-0.4, -0.2) is 37.0 Å². The molecule has 0 saturated heterocycles. The number of rotatable bonds is 17. The first kappa shape index (κ1) is 22.7. The quantitative estimate of drug-likeness (QED) is 0.149. The Hall–Kier alpha value is -0.340. The Morgan fingerprint density at radius 1 is 0.652 bits per heavy atom. The van der Waals surface area contributed by atoms with Crippen molar-refractivity contribution in [3.05, 3.63) is 12.2 Å². The van der Waals surface area contributed by atoms with Gasteiger partial charge in [-0.15, -0.1) is 0 Å². The fourth-order valence-electron chi connectivity index (χ4n) is 2.86. The first-order chi connectivity index (χ1) is 11.1. The van der Waals surface area contributed by atoms with E-state index in [-0.39, 0.29) is 6.73 Å². The van der Waals surface area contributed by atoms with Gasteiger partial charge in [0.15, 0.2) is 6.73 Å². The lowest BCUT2D eigenvalue weighted by atomic mass is 10.1. The molecule has 0 bridgehead atoms. The van der Waals surface area contributed by atoms with E-state index in [2.05, 4.69) is 33.2 Å². The minimum Gasteiger partial charge on any atom is -0.347 e. The van der Waals surface area contributed by atoms with Crippen molar-refractivity contribution in [3.63, 3.8) is 0 Å². The van der Waals surface area contributed by atoms with E-state index in [4.69, 9.17) is 0 Å². The van der Waals surface area contributed by atoms with Gasteiger partial charge in [0.2, 0.25) is 0 Å². The van der Waals surface area contributed by atoms with E-state index in [0.29, 0.717) is 0 Å². The van der Waals surface area contributed by atoms with Gasteiger partial charge >= 0.3 is 0 Å². The van der Waals surface area contributed by atoms with Gasteiger partial charge in [-0.1, -0.05) is 70.4 Å². The van der Waals surface area contributed by atoms with Crippen LogP contribution >= 0.6 is 0 Å². The lowest BCUT2D eigenvalue weighted by Crippen LogP contribution is -2.41. The molecule has 0 aliphatic carbocycles. The Labute approximate surface area is 146 Å². The third-order valence-electron chi connectivity index (χ3n) is 4.66. The van der Waals surface area contributed by atoms with Gasteiger partial charge in [-0.25, -0.2) is 0 Å². The molecule has 138 valence electrons. The molecule has 0 fully saturated rings. The van der Waals surface area contributed by atoms with Crippen LogP contribution in [0.2, 0.25) is 0 Å². The van der Waals surface area contributed by atoms with E-state index < -0.39 is 0 Å². The summed E-state index contributed by atoms with van der Waals surface area (Å²) in [7, 11) is 4.19. The summed E-state index contributed by atoms with van der Waals surface area (Å²) in [5, 5.41) is 9.19. The second kappa shape index (κ2) is 16.5. The predicted molar refractivity (Wildman–Crippen MR) is 104 cm³/mol. The maximum absolute atomic E-state index is 9.19. The number of aliphatic hydroxyl groups is 1. The molecule has 0 saturated carbocycles. The standard InChI is InChI=1S/C21H44NO/c1-4-5-6-7-8-9-10-11-12-13-14-15-16-17-18-19-20-22(2,3)21-23/h11-12,23H,4-10,13-21H2,1-3H3/q+1/b12-11-. The van der Waals surface area contributed by atoms with E-state index in [1.54, 1.807) is 0 Å². The first-order valence-electron chi connectivity index (χ1n) is 10.2. The van der Waals surface area contributed by atoms with Gasteiger partial charge in [0.25, 0.3) is 0 Å². The molecule has 0 amide bonds. The van der Waals surface area contributed by atoms with Crippen molar-refractivity contribution in [2.24, 2.45) is 0 Å². The van der Waals surface area contributed by atoms with Crippen LogP contribution in [0.25, 0.3) is 0 Å². The molecule has 2 heteroatoms. The van der Waals surface area contributed by atoms with Crippen LogP contribution in [0.5, 0.6) is 0 Å². The normalized spacial score (nSPS) is 12.3. The van der Waals surface area contributed by atoms with Crippen molar-refractivity contribution >= 4 is 0 Å². The van der Waals surface area contributed by atoms with Crippen molar-refractivity contribution in [2.75, 3.05) is 27.4 Å². The average Bonchev–Trinajstić information content (AvgIpc) is 2.54. The van der Waals surface area contributed by atoms with Gasteiger partial charge in [-0.3, -0.25) is 0 Å². The Morgan fingerprint density at radius 2 is 1.09 bits per heavy atom. The van der Waals surface area contributed by atoms with Crippen molar-refractivity contribution in [1.82, 2.24) is 0 Å². The number of quaternary nitrogens is 1. The summed E-state index contributed by atoms with van der Waals surface area (Å²) in [6.07, 6.45) is 23.8. The maximum Gasteiger partial charge on any atom is 0.179 e. The van der Waals surface area contributed by atoms with Crippen LogP contribution in [0.15, 0.2) is 12.2 Å². The van der Waals surface area contributed by atoms with Crippen molar-refractivity contribution in [2.45, 2.75) is 96.8 Å². The van der Waals surface area contributed by atoms with Crippen LogP contribution in [0.1, 0.15) is 96.8 Å². The van der Waals surface area contributed by atoms with E-state index in [1.807, 2.05) is 0 Å². The zero-order chi connectivity index (χ0) is 17.2. The van der Waals surface area contributed by atoms with Crippen LogP contribution in [0.3, 0.4) is 0 Å². The van der Waals surface area contributed by atoms with Gasteiger partial charge in [0.1, 0.15) is 0 Å². The minimum atomic E-state index is 0.255. The lowest BCUT2D eigenvalue weighted by molar-refractivity contribution is -0.909. The van der Waals surface area contributed by atoms with E-state index in [0.717, 1.165) is 11.0 Å². The number of hydrogen-bond acceptors (Lipinski definition) is 1. The van der Waals surface area contributed by atoms with E-state index in [1.165, 1.54) is 89.9 Å². The molecule has 0 unspecified atom stereocenters. The molecule has 2 nitrogen and oxygen atoms in total. The van der Waals surface area contributed by atoms with Crippen LogP contribution in [0, 0.1) is 0 Å². The topological polar surface area (TPSA) is 20.2 Å². The zero-order valence-electron chi connectivity index (χ0n) is 16.4. The molecule has 0 atom stereocenters. The highest BCUT2D eigenvalue weighted by molar-refractivity contribution is 4.81. The molecular formula is C21H44NO+. The summed E-state index contributed by atoms with van der Waals surface area (Å²) in [5.41, 5.74) is 0. The van der Waals surface area contributed by atoms with E-state index >= 15 is 0 Å². The Bertz CT molecular complexity index is 261. The summed E-state index contributed by atoms with van der Waals surface area (Å²) in [4.78, 5) is 0. The SMILES string of the molecule is CCCCCCCC/C=C\CCCCCCCC[N+](C)(C)CO. The third kappa shape index (κ3) is 17.8. The van der Waals surface area contributed by atoms with Gasteiger partial charge in [-0.05, 0) is 38.5 Å². The second-order valence-electron chi connectivity index (χ2n) is 7.74. The zero-order valence-corrected chi connectivity index (χ0v) is 16.4. The van der Waals surface area contributed by atoms with Crippen LogP contribution in [0.4, 0.5) is 0 Å². The fraction of sp³-hybridized carbons (Fsp3) is 0.905. The predicted octanol–water partition coefficient (Wildman–Crippen LogP) is 6.05. The summed E-state index contributed by atoms with van der Waals surface area (Å²) >= 11 is 0. The molecule has 0 aromatic carbocycles. The molecule has 0 aliphatic rings. The summed E-state index contributed by atoms with van der Waals surface area (Å²) in [6, 6.07) is 0. The largest absolute Gasteiger partial charge is 0.347 e. The molecule has 0 aromatic heterocycles. The molecule has 1 N–H and O–H groups in total. The monoisotopic (exact) mass is 326 g/mol. The second-order valence-corrected chi connectivity index (χ2v) is 7.74. The number of nitrogens with zero attached hydrogens (tertiary/aromatic N) is 1. The molecular weight excluding hydrogens is 282 g/mol. The van der Waals surface area contributed by atoms with Crippen LogP contribution in [-0.2, 0) is 0 Å². The van der Waals surface area contributed by atoms with Gasteiger partial charge in [0, 0.05) is 0 Å². The van der Waals surface area contributed by atoms with E-state index in [9.17, 15) is 5.11 Å². The summed E-state index contributed by atoms with van der Waals surface area (Å²) < 4.78 is 0.739. The van der Waals surface area contributed by atoms with Crippen LogP contribution < -0.4 is 0 Å². The molecule has 0 aliphatic heterocycles. The molecule has 0 aromatic rings. The summed E-state index contributed by atoms with van der Waals surface area (Å²) in [5.74, 6) is 0. The van der Waals surface area contributed by atoms with Crippen molar-refractivity contribution in [3.8, 4) is 0 Å². The smallest absolute Gasteiger partial charge is 0.179 e. The molecule has 23 heavy (non-hydrogen) atoms. The number of aliphatic hydroxyl groups excluding tert-OH is 1. The highest BCUT2D eigenvalue weighted by atomic mass is 16.3. The Morgan fingerprint density at radius 3 is 1.57 bits per heavy atom.